The number of carboxylic acid groups (broad SMARTS) is 1. The summed E-state index contributed by atoms with van der Waals surface area (Å²) in [6.07, 6.45) is -0.193. The van der Waals surface area contributed by atoms with Crippen LogP contribution < -0.4 is 0 Å². The van der Waals surface area contributed by atoms with Crippen LogP contribution in [0.4, 0.5) is 4.39 Å². The first-order chi connectivity index (χ1) is 9.43. The summed E-state index contributed by atoms with van der Waals surface area (Å²) in [5, 5.41) is 9.36. The molecule has 1 aromatic carbocycles. The van der Waals surface area contributed by atoms with Gasteiger partial charge in [0.2, 0.25) is 0 Å². The van der Waals surface area contributed by atoms with Gasteiger partial charge in [-0.2, -0.15) is 0 Å². The molecule has 0 saturated carbocycles. The van der Waals surface area contributed by atoms with E-state index in [0.29, 0.717) is 0 Å². The molecule has 108 valence electrons. The first kappa shape index (κ1) is 14.7. The van der Waals surface area contributed by atoms with Gasteiger partial charge in [0.15, 0.2) is 0 Å². The number of methoxy groups -OCH3 is 1. The Balaban J connectivity index is 2.31. The highest BCUT2D eigenvalue weighted by atomic mass is 35.5. The highest BCUT2D eigenvalue weighted by Gasteiger charge is 2.40. The molecule has 1 aliphatic heterocycles. The van der Waals surface area contributed by atoms with E-state index >= 15 is 0 Å². The molecule has 20 heavy (non-hydrogen) atoms. The molecule has 0 spiro atoms. The van der Waals surface area contributed by atoms with Crippen LogP contribution in [0.2, 0.25) is 5.02 Å². The lowest BCUT2D eigenvalue weighted by atomic mass is 10.1. The van der Waals surface area contributed by atoms with Crippen LogP contribution in [-0.2, 0) is 9.53 Å². The number of benzene rings is 1. The Morgan fingerprint density at radius 1 is 1.50 bits per heavy atom. The normalized spacial score (nSPS) is 22.1. The van der Waals surface area contributed by atoms with Crippen LogP contribution in [0.5, 0.6) is 0 Å². The number of hydrogen-bond acceptors (Lipinski definition) is 3. The smallest absolute Gasteiger partial charge is 0.326 e. The molecule has 2 unspecified atom stereocenters. The van der Waals surface area contributed by atoms with E-state index in [4.69, 9.17) is 21.4 Å². The summed E-state index contributed by atoms with van der Waals surface area (Å²) in [4.78, 5) is 24.6. The van der Waals surface area contributed by atoms with Crippen molar-refractivity contribution in [3.63, 3.8) is 0 Å². The molecule has 1 aliphatic rings. The molecule has 0 aliphatic carbocycles. The second kappa shape index (κ2) is 5.76. The third-order valence-electron chi connectivity index (χ3n) is 3.30. The molecule has 2 atom stereocenters. The Morgan fingerprint density at radius 3 is 2.80 bits per heavy atom. The van der Waals surface area contributed by atoms with Crippen molar-refractivity contribution in [2.75, 3.05) is 13.7 Å². The Morgan fingerprint density at radius 2 is 2.20 bits per heavy atom. The van der Waals surface area contributed by atoms with Crippen molar-refractivity contribution in [3.8, 4) is 0 Å². The molecule has 1 heterocycles. The molecule has 0 aromatic heterocycles. The molecule has 1 amide bonds. The number of carbonyl (C=O) groups excluding carboxylic acids is 1. The van der Waals surface area contributed by atoms with Crippen molar-refractivity contribution < 1.29 is 23.8 Å². The number of rotatable bonds is 3. The second-order valence-electron chi connectivity index (χ2n) is 4.53. The number of halogens is 2. The average Bonchev–Trinajstić information content (AvgIpc) is 2.85. The van der Waals surface area contributed by atoms with Gasteiger partial charge in [-0.1, -0.05) is 11.6 Å². The van der Waals surface area contributed by atoms with E-state index < -0.39 is 23.7 Å². The predicted octanol–water partition coefficient (Wildman–Crippen LogP) is 1.79. The van der Waals surface area contributed by atoms with Crippen LogP contribution in [0.1, 0.15) is 16.8 Å². The number of hydrogen-bond donors (Lipinski definition) is 1. The first-order valence-corrected chi connectivity index (χ1v) is 6.33. The summed E-state index contributed by atoms with van der Waals surface area (Å²) in [5.74, 6) is -2.57. The van der Waals surface area contributed by atoms with Gasteiger partial charge in [0.1, 0.15) is 11.9 Å². The summed E-state index contributed by atoms with van der Waals surface area (Å²) >= 11 is 5.74. The van der Waals surface area contributed by atoms with Crippen LogP contribution >= 0.6 is 11.6 Å². The lowest BCUT2D eigenvalue weighted by Crippen LogP contribution is -2.41. The molecule has 1 saturated heterocycles. The van der Waals surface area contributed by atoms with Crippen molar-refractivity contribution in [2.45, 2.75) is 18.6 Å². The average molecular weight is 302 g/mol. The van der Waals surface area contributed by atoms with E-state index in [2.05, 4.69) is 0 Å². The van der Waals surface area contributed by atoms with Gasteiger partial charge >= 0.3 is 5.97 Å². The van der Waals surface area contributed by atoms with E-state index in [0.717, 1.165) is 11.0 Å². The minimum atomic E-state index is -1.14. The topological polar surface area (TPSA) is 66.8 Å². The number of carbonyl (C=O) groups is 2. The van der Waals surface area contributed by atoms with Gasteiger partial charge in [0, 0.05) is 25.1 Å². The molecule has 2 rings (SSSR count). The molecule has 0 bridgehead atoms. The third-order valence-corrected chi connectivity index (χ3v) is 3.54. The Labute approximate surface area is 119 Å². The van der Waals surface area contributed by atoms with Gasteiger partial charge in [0.25, 0.3) is 5.91 Å². The van der Waals surface area contributed by atoms with Crippen LogP contribution in [-0.4, -0.2) is 47.7 Å². The lowest BCUT2D eigenvalue weighted by Gasteiger charge is -2.21. The first-order valence-electron chi connectivity index (χ1n) is 5.95. The second-order valence-corrected chi connectivity index (χ2v) is 4.97. The molecule has 1 aromatic rings. The number of carboxylic acids is 1. The van der Waals surface area contributed by atoms with Crippen LogP contribution in [0, 0.1) is 5.82 Å². The van der Waals surface area contributed by atoms with Gasteiger partial charge in [-0.3, -0.25) is 4.79 Å². The molecule has 5 nitrogen and oxygen atoms in total. The quantitative estimate of drug-likeness (QED) is 0.924. The zero-order valence-electron chi connectivity index (χ0n) is 10.7. The highest BCUT2D eigenvalue weighted by Crippen LogP contribution is 2.24. The van der Waals surface area contributed by atoms with Crippen molar-refractivity contribution in [3.05, 3.63) is 34.6 Å². The fourth-order valence-electron chi connectivity index (χ4n) is 2.24. The number of amides is 1. The van der Waals surface area contributed by atoms with Crippen LogP contribution in [0.15, 0.2) is 18.2 Å². The molecular weight excluding hydrogens is 289 g/mol. The summed E-state index contributed by atoms with van der Waals surface area (Å²) in [7, 11) is 1.44. The standard InChI is InChI=1S/C13H13ClFNO4/c1-20-8-5-11(13(18)19)16(6-8)12(17)9-4-7(14)2-3-10(9)15/h2-4,8,11H,5-6H2,1H3,(H,18,19). The van der Waals surface area contributed by atoms with Crippen LogP contribution in [0.3, 0.4) is 0 Å². The van der Waals surface area contributed by atoms with Gasteiger partial charge in [-0.05, 0) is 18.2 Å². The van der Waals surface area contributed by atoms with Gasteiger partial charge in [-0.15, -0.1) is 0 Å². The lowest BCUT2D eigenvalue weighted by molar-refractivity contribution is -0.141. The number of ether oxygens (including phenoxy) is 1. The van der Waals surface area contributed by atoms with Crippen molar-refractivity contribution in [1.29, 1.82) is 0 Å². The number of nitrogens with zero attached hydrogens (tertiary/aromatic N) is 1. The van der Waals surface area contributed by atoms with E-state index in [9.17, 15) is 14.0 Å². The van der Waals surface area contributed by atoms with E-state index in [1.54, 1.807) is 0 Å². The minimum absolute atomic E-state index is 0.109. The van der Waals surface area contributed by atoms with Crippen molar-refractivity contribution >= 4 is 23.5 Å². The zero-order chi connectivity index (χ0) is 14.9. The maximum absolute atomic E-state index is 13.7. The summed E-state index contributed by atoms with van der Waals surface area (Å²) < 4.78 is 18.8. The number of aliphatic carboxylic acids is 1. The largest absolute Gasteiger partial charge is 0.480 e. The Bertz CT molecular complexity index is 551. The Kier molecular flexibility index (Phi) is 4.25. The minimum Gasteiger partial charge on any atom is -0.480 e. The highest BCUT2D eigenvalue weighted by molar-refractivity contribution is 6.31. The van der Waals surface area contributed by atoms with E-state index in [1.807, 2.05) is 0 Å². The monoisotopic (exact) mass is 301 g/mol. The summed E-state index contributed by atoms with van der Waals surface area (Å²) in [6.45, 7) is 0.109. The van der Waals surface area contributed by atoms with E-state index in [1.165, 1.54) is 19.2 Å². The van der Waals surface area contributed by atoms with Crippen molar-refractivity contribution in [2.24, 2.45) is 0 Å². The fraction of sp³-hybridized carbons (Fsp3) is 0.385. The zero-order valence-corrected chi connectivity index (χ0v) is 11.4. The van der Waals surface area contributed by atoms with Crippen molar-refractivity contribution in [1.82, 2.24) is 4.90 Å². The summed E-state index contributed by atoms with van der Waals surface area (Å²) in [6, 6.07) is 2.57. The molecule has 1 fully saturated rings. The maximum Gasteiger partial charge on any atom is 0.326 e. The van der Waals surface area contributed by atoms with E-state index in [-0.39, 0.29) is 29.7 Å². The molecule has 0 radical (unpaired) electrons. The maximum atomic E-state index is 13.7. The molecule has 7 heteroatoms. The Hall–Kier alpha value is -1.66. The van der Waals surface area contributed by atoms with Gasteiger partial charge in [-0.25, -0.2) is 9.18 Å². The van der Waals surface area contributed by atoms with Crippen LogP contribution in [0.25, 0.3) is 0 Å². The SMILES string of the molecule is COC1CC(C(=O)O)N(C(=O)c2cc(Cl)ccc2F)C1. The molecule has 1 N–H and O–H groups in total. The van der Waals surface area contributed by atoms with Gasteiger partial charge in [0.05, 0.1) is 11.7 Å². The predicted molar refractivity (Wildman–Crippen MR) is 69.3 cm³/mol. The summed E-state index contributed by atoms with van der Waals surface area (Å²) in [5.41, 5.74) is -0.236. The van der Waals surface area contributed by atoms with Gasteiger partial charge < -0.3 is 14.7 Å². The fourth-order valence-corrected chi connectivity index (χ4v) is 2.41. The third kappa shape index (κ3) is 2.76. The number of likely N-dealkylation sites (tertiary alicyclic amines) is 1. The molecular formula is C13H13ClFNO4.